The number of hydrogen-bond acceptors (Lipinski definition) is 2. The van der Waals surface area contributed by atoms with Crippen LogP contribution in [0.25, 0.3) is 0 Å². The molecule has 0 heterocycles. The van der Waals surface area contributed by atoms with Crippen LogP contribution in [0.15, 0.2) is 0 Å². The predicted octanol–water partition coefficient (Wildman–Crippen LogP) is -3.21. The molecule has 43 valence electrons. The molecule has 0 saturated heterocycles. The molecule has 0 bridgehead atoms. The van der Waals surface area contributed by atoms with Crippen LogP contribution in [0, 0.1) is 0 Å². The average Bonchev–Trinajstić information content (AvgIpc) is 0.722. The Morgan fingerprint density at radius 3 is 1.57 bits per heavy atom. The zero-order chi connectivity index (χ0) is 4.50. The fourth-order valence-corrected chi connectivity index (χ4v) is 0. The van der Waals surface area contributed by atoms with Gasteiger partial charge in [-0.3, -0.25) is 9.11 Å². The van der Waals surface area contributed by atoms with Crippen LogP contribution in [0.4, 0.5) is 0 Å². The van der Waals surface area contributed by atoms with Gasteiger partial charge in [0.1, 0.15) is 0 Å². The van der Waals surface area contributed by atoms with E-state index in [0.29, 0.717) is 0 Å². The van der Waals surface area contributed by atoms with Crippen molar-refractivity contribution in [2.24, 2.45) is 0 Å². The van der Waals surface area contributed by atoms with Gasteiger partial charge in [0.2, 0.25) is 0 Å². The van der Waals surface area contributed by atoms with Gasteiger partial charge < -0.3 is 1.43 Å². The fraction of sp³-hybridized carbons (Fsp3) is 0. The molecule has 0 aliphatic carbocycles. The maximum absolute atomic E-state index is 9.11. The van der Waals surface area contributed by atoms with Gasteiger partial charge >= 0.3 is 29.6 Å². The molecule has 0 unspecified atom stereocenters. The van der Waals surface area contributed by atoms with E-state index in [-0.39, 0.29) is 51.1 Å². The van der Waals surface area contributed by atoms with Crippen LogP contribution in [0.3, 0.4) is 0 Å². The summed E-state index contributed by atoms with van der Waals surface area (Å²) in [7, 11) is -3.83. The van der Waals surface area contributed by atoms with Gasteiger partial charge in [0.15, 0.2) is 0 Å². The molecule has 0 fully saturated rings. The molecule has 0 spiro atoms. The van der Waals surface area contributed by atoms with Gasteiger partial charge in [-0.1, -0.05) is 0 Å². The van der Waals surface area contributed by atoms with Crippen molar-refractivity contribution in [3.8, 4) is 0 Å². The van der Waals surface area contributed by atoms with Crippen molar-refractivity contribution in [1.82, 2.24) is 0 Å². The summed E-state index contributed by atoms with van der Waals surface area (Å²) in [6.07, 6.45) is 0. The summed E-state index contributed by atoms with van der Waals surface area (Å²) in [5, 5.41) is 0. The summed E-state index contributed by atoms with van der Waals surface area (Å²) in [6, 6.07) is 0. The van der Waals surface area contributed by atoms with Crippen molar-refractivity contribution in [2.75, 3.05) is 0 Å². The second-order valence-corrected chi connectivity index (χ2v) is 2.65. The molecule has 1 radical (unpaired) electrons. The minimum Gasteiger partial charge on any atom is -1.00 e. The number of rotatable bonds is 0. The van der Waals surface area contributed by atoms with Crippen LogP contribution in [0.2, 0.25) is 0 Å². The largest absolute Gasteiger partial charge is 1.00 e. The summed E-state index contributed by atoms with van der Waals surface area (Å²) in [5.41, 5.74) is 0. The van der Waals surface area contributed by atoms with Gasteiger partial charge in [-0.25, -0.2) is 0 Å². The molecular formula is H3IrNaO3S2. The third-order valence-corrected chi connectivity index (χ3v) is 0. The van der Waals surface area contributed by atoms with Crippen LogP contribution in [-0.4, -0.2) is 13.3 Å². The first-order valence-electron chi connectivity index (χ1n) is 0.698. The van der Waals surface area contributed by atoms with Crippen molar-refractivity contribution in [2.45, 2.75) is 0 Å². The first-order chi connectivity index (χ1) is 2.00. The quantitative estimate of drug-likeness (QED) is 0.459. The van der Waals surface area contributed by atoms with Gasteiger partial charge in [-0.05, 0) is 0 Å². The molecule has 0 aliphatic heterocycles. The van der Waals surface area contributed by atoms with Crippen LogP contribution >= 0.6 is 0 Å². The molecule has 0 atom stereocenters. The third kappa shape index (κ3) is 74.5. The van der Waals surface area contributed by atoms with Crippen LogP contribution < -0.4 is 29.6 Å². The van der Waals surface area contributed by atoms with Gasteiger partial charge in [0.05, 0.1) is 0 Å². The molecule has 0 aromatic rings. The standard InChI is InChI=1S/Ir.Na.H2O3S2.H/c;;1-5(2,3)4;/h;;(H2,1,2,3,4);/q;+1;;-1. The zero-order valence-corrected chi connectivity index (χ0v) is 9.48. The van der Waals surface area contributed by atoms with E-state index < -0.39 is 9.05 Å². The van der Waals surface area contributed by atoms with Gasteiger partial charge in [-0.15, -0.1) is 0 Å². The average molecular weight is 330 g/mol. The van der Waals surface area contributed by atoms with Crippen LogP contribution in [0.1, 0.15) is 1.43 Å². The van der Waals surface area contributed by atoms with E-state index >= 15 is 0 Å². The molecule has 0 aromatic heterocycles. The predicted molar refractivity (Wildman–Crippen MR) is 21.9 cm³/mol. The topological polar surface area (TPSA) is 57.5 Å². The van der Waals surface area contributed by atoms with Gasteiger partial charge in [0, 0.05) is 31.3 Å². The Hall–Kier alpha value is 1.94. The maximum atomic E-state index is 9.11. The summed E-state index contributed by atoms with van der Waals surface area (Å²) in [5.74, 6) is 0. The zero-order valence-electron chi connectivity index (χ0n) is 4.45. The Morgan fingerprint density at radius 2 is 1.57 bits per heavy atom. The molecule has 0 aromatic carbocycles. The molecule has 0 amide bonds. The van der Waals surface area contributed by atoms with Crippen molar-refractivity contribution in [1.29, 1.82) is 0 Å². The summed E-state index contributed by atoms with van der Waals surface area (Å²) in [6.45, 7) is 0. The van der Waals surface area contributed by atoms with Gasteiger partial charge in [0.25, 0.3) is 9.05 Å². The van der Waals surface area contributed by atoms with E-state index in [9.17, 15) is 0 Å². The molecule has 7 heteroatoms. The Balaban J connectivity index is -0.0000000267. The first kappa shape index (κ1) is 16.0. The third-order valence-electron chi connectivity index (χ3n) is 0. The summed E-state index contributed by atoms with van der Waals surface area (Å²) in [4.78, 5) is 0. The minimum atomic E-state index is -3.83. The molecule has 7 heavy (non-hydrogen) atoms. The molecular weight excluding hydrogens is 327 g/mol. The molecule has 0 saturated carbocycles. The van der Waals surface area contributed by atoms with Crippen LogP contribution in [0.5, 0.6) is 0 Å². The fourth-order valence-electron chi connectivity index (χ4n) is 0. The summed E-state index contributed by atoms with van der Waals surface area (Å²) >= 11 is 3.47. The molecule has 0 rings (SSSR count). The Morgan fingerprint density at radius 1 is 1.57 bits per heavy atom. The Bertz CT molecular complexity index is 100. The molecule has 0 aliphatic rings. The van der Waals surface area contributed by atoms with Crippen molar-refractivity contribution >= 4 is 20.2 Å². The van der Waals surface area contributed by atoms with E-state index in [1.54, 1.807) is 0 Å². The second kappa shape index (κ2) is 6.07. The van der Waals surface area contributed by atoms with Crippen molar-refractivity contribution in [3.63, 3.8) is 0 Å². The monoisotopic (exact) mass is 331 g/mol. The van der Waals surface area contributed by atoms with E-state index in [4.69, 9.17) is 13.3 Å². The first-order valence-corrected chi connectivity index (χ1v) is 3.10. The van der Waals surface area contributed by atoms with Crippen molar-refractivity contribution < 1.29 is 64.4 Å². The smallest absolute Gasteiger partial charge is 1.00 e. The minimum absolute atomic E-state index is 0. The van der Waals surface area contributed by atoms with E-state index in [1.165, 1.54) is 0 Å². The van der Waals surface area contributed by atoms with Gasteiger partial charge in [-0.2, -0.15) is 4.21 Å². The van der Waals surface area contributed by atoms with E-state index in [2.05, 4.69) is 11.2 Å². The van der Waals surface area contributed by atoms with Crippen LogP contribution in [-0.2, 0) is 40.3 Å². The second-order valence-electron chi connectivity index (χ2n) is 0.448. The Kier molecular flexibility index (Phi) is 13.8. The van der Waals surface area contributed by atoms with Crippen molar-refractivity contribution in [3.05, 3.63) is 0 Å². The molecule has 3 nitrogen and oxygen atoms in total. The normalized spacial score (nSPS) is 8.29. The number of hydrogen-bond donors (Lipinski definition) is 2. The Labute approximate surface area is 83.7 Å². The van der Waals surface area contributed by atoms with E-state index in [1.807, 2.05) is 0 Å². The summed E-state index contributed by atoms with van der Waals surface area (Å²) < 4.78 is 24.0. The maximum Gasteiger partial charge on any atom is 1.00 e. The molecule has 2 N–H and O–H groups in total. The van der Waals surface area contributed by atoms with E-state index in [0.717, 1.165) is 0 Å². The SMILES string of the molecule is O=S(O)(O)=S.[H-].[Ir].[Na+].